The Balaban J connectivity index is 2.33. The van der Waals surface area contributed by atoms with Gasteiger partial charge in [-0.15, -0.1) is 11.3 Å². The first-order valence-corrected chi connectivity index (χ1v) is 8.48. The number of hydrogen-bond acceptors (Lipinski definition) is 5. The fourth-order valence-electron chi connectivity index (χ4n) is 1.94. The number of nitrogens with zero attached hydrogens (tertiary/aromatic N) is 1. The third kappa shape index (κ3) is 3.36. The van der Waals surface area contributed by atoms with Gasteiger partial charge in [0.2, 0.25) is 0 Å². The molecule has 0 saturated heterocycles. The highest BCUT2D eigenvalue weighted by atomic mass is 32.2. The Hall–Kier alpha value is -1.44. The molecule has 0 amide bonds. The average Bonchev–Trinajstić information content (AvgIpc) is 2.76. The molecular weight excluding hydrogens is 294 g/mol. The van der Waals surface area contributed by atoms with Gasteiger partial charge in [0.05, 0.1) is 0 Å². The van der Waals surface area contributed by atoms with Gasteiger partial charge >= 0.3 is 0 Å². The molecule has 0 unspecified atom stereocenters. The molecule has 0 bridgehead atoms. The highest BCUT2D eigenvalue weighted by Gasteiger charge is 2.20. The van der Waals surface area contributed by atoms with Crippen LogP contribution in [0.15, 0.2) is 28.5 Å². The quantitative estimate of drug-likeness (QED) is 0.888. The Kier molecular flexibility index (Phi) is 4.42. The fourth-order valence-corrected chi connectivity index (χ4v) is 4.39. The summed E-state index contributed by atoms with van der Waals surface area (Å²) in [7, 11) is -1.81. The highest BCUT2D eigenvalue weighted by molar-refractivity contribution is 7.92. The zero-order valence-corrected chi connectivity index (χ0v) is 13.2. The predicted molar refractivity (Wildman–Crippen MR) is 81.6 cm³/mol. The van der Waals surface area contributed by atoms with Gasteiger partial charge in [0.1, 0.15) is 10.7 Å². The van der Waals surface area contributed by atoms with Crippen molar-refractivity contribution in [2.45, 2.75) is 25.3 Å². The summed E-state index contributed by atoms with van der Waals surface area (Å²) in [4.78, 5) is 5.29. The standard InChI is InChI=1S/C13H17N3O2S2/c1-9-6-10(2)15-13(7-9)16-20(17,18)12-4-5-19-11(12)8-14-3/h4-7,14H,8H2,1-3H3,(H,15,16). The van der Waals surface area contributed by atoms with E-state index in [-0.39, 0.29) is 0 Å². The molecule has 2 heterocycles. The summed E-state index contributed by atoms with van der Waals surface area (Å²) in [6.45, 7) is 4.26. The zero-order valence-electron chi connectivity index (χ0n) is 11.6. The molecule has 0 atom stereocenters. The van der Waals surface area contributed by atoms with Crippen LogP contribution in [0.5, 0.6) is 0 Å². The number of rotatable bonds is 5. The number of nitrogens with one attached hydrogen (secondary N) is 2. The molecule has 0 aliphatic rings. The minimum Gasteiger partial charge on any atom is -0.315 e. The molecule has 0 fully saturated rings. The minimum atomic E-state index is -3.60. The van der Waals surface area contributed by atoms with Crippen molar-refractivity contribution in [3.05, 3.63) is 39.7 Å². The SMILES string of the molecule is CNCc1sccc1S(=O)(=O)Nc1cc(C)cc(C)n1. The van der Waals surface area contributed by atoms with Gasteiger partial charge in [-0.3, -0.25) is 4.72 Å². The monoisotopic (exact) mass is 311 g/mol. The molecule has 0 saturated carbocycles. The maximum atomic E-state index is 12.4. The van der Waals surface area contributed by atoms with E-state index in [1.54, 1.807) is 24.6 Å². The second-order valence-corrected chi connectivity index (χ2v) is 7.17. The van der Waals surface area contributed by atoms with Gasteiger partial charge in [0, 0.05) is 17.1 Å². The van der Waals surface area contributed by atoms with Gasteiger partial charge in [-0.1, -0.05) is 0 Å². The third-order valence-corrected chi connectivity index (χ3v) is 5.16. The summed E-state index contributed by atoms with van der Waals surface area (Å²) in [6.07, 6.45) is 0. The molecule has 2 N–H and O–H groups in total. The van der Waals surface area contributed by atoms with Crippen LogP contribution < -0.4 is 10.0 Å². The molecule has 20 heavy (non-hydrogen) atoms. The summed E-state index contributed by atoms with van der Waals surface area (Å²) in [6, 6.07) is 5.23. The molecular formula is C13H17N3O2S2. The Bertz CT molecular complexity index is 688. The molecule has 0 aliphatic carbocycles. The van der Waals surface area contributed by atoms with E-state index in [4.69, 9.17) is 0 Å². The van der Waals surface area contributed by atoms with Crippen molar-refractivity contribution in [3.8, 4) is 0 Å². The van der Waals surface area contributed by atoms with Crippen LogP contribution in [0.1, 0.15) is 16.1 Å². The Labute approximate surface area is 123 Å². The van der Waals surface area contributed by atoms with Crippen LogP contribution in [0.4, 0.5) is 5.82 Å². The molecule has 0 radical (unpaired) electrons. The maximum absolute atomic E-state index is 12.4. The van der Waals surface area contributed by atoms with E-state index in [1.807, 2.05) is 19.9 Å². The molecule has 7 heteroatoms. The summed E-state index contributed by atoms with van der Waals surface area (Å²) in [5, 5.41) is 4.74. The fraction of sp³-hybridized carbons (Fsp3) is 0.308. The Morgan fingerprint density at radius 2 is 2.05 bits per heavy atom. The van der Waals surface area contributed by atoms with Gasteiger partial charge in [0.15, 0.2) is 0 Å². The number of sulfonamides is 1. The van der Waals surface area contributed by atoms with Crippen LogP contribution in [0.3, 0.4) is 0 Å². The summed E-state index contributed by atoms with van der Waals surface area (Å²) in [5.74, 6) is 0.351. The van der Waals surface area contributed by atoms with E-state index in [0.717, 1.165) is 16.1 Å². The van der Waals surface area contributed by atoms with Crippen molar-refractivity contribution < 1.29 is 8.42 Å². The number of anilines is 1. The van der Waals surface area contributed by atoms with Crippen molar-refractivity contribution in [3.63, 3.8) is 0 Å². The number of aromatic nitrogens is 1. The van der Waals surface area contributed by atoms with E-state index in [9.17, 15) is 8.42 Å². The van der Waals surface area contributed by atoms with Gasteiger partial charge in [0.25, 0.3) is 10.0 Å². The topological polar surface area (TPSA) is 71.1 Å². The Morgan fingerprint density at radius 3 is 2.70 bits per heavy atom. The lowest BCUT2D eigenvalue weighted by Crippen LogP contribution is -2.16. The largest absolute Gasteiger partial charge is 0.315 e. The maximum Gasteiger partial charge on any atom is 0.264 e. The molecule has 0 aliphatic heterocycles. The van der Waals surface area contributed by atoms with Gasteiger partial charge < -0.3 is 5.32 Å². The van der Waals surface area contributed by atoms with Crippen molar-refractivity contribution in [2.24, 2.45) is 0 Å². The molecule has 2 aromatic heterocycles. The van der Waals surface area contributed by atoms with E-state index < -0.39 is 10.0 Å². The van der Waals surface area contributed by atoms with Crippen LogP contribution in [0.25, 0.3) is 0 Å². The molecule has 2 aromatic rings. The van der Waals surface area contributed by atoms with Gasteiger partial charge in [-0.25, -0.2) is 13.4 Å². The van der Waals surface area contributed by atoms with E-state index in [2.05, 4.69) is 15.0 Å². The second-order valence-electron chi connectivity index (χ2n) is 4.51. The third-order valence-electron chi connectivity index (χ3n) is 2.67. The first-order chi connectivity index (χ1) is 9.42. The predicted octanol–water partition coefficient (Wildman–Crippen LogP) is 2.28. The number of hydrogen-bond donors (Lipinski definition) is 2. The van der Waals surface area contributed by atoms with Crippen molar-refractivity contribution in [2.75, 3.05) is 11.8 Å². The van der Waals surface area contributed by atoms with E-state index >= 15 is 0 Å². The van der Waals surface area contributed by atoms with Crippen LogP contribution in [-0.2, 0) is 16.6 Å². The molecule has 0 aromatic carbocycles. The summed E-state index contributed by atoms with van der Waals surface area (Å²) in [5.41, 5.74) is 1.75. The highest BCUT2D eigenvalue weighted by Crippen LogP contribution is 2.24. The second kappa shape index (κ2) is 5.90. The lowest BCUT2D eigenvalue weighted by Gasteiger charge is -2.09. The minimum absolute atomic E-state index is 0.304. The van der Waals surface area contributed by atoms with Crippen LogP contribution in [0.2, 0.25) is 0 Å². The summed E-state index contributed by atoms with van der Waals surface area (Å²) < 4.78 is 27.4. The van der Waals surface area contributed by atoms with Gasteiger partial charge in [-0.05, 0) is 50.0 Å². The van der Waals surface area contributed by atoms with Crippen molar-refractivity contribution in [1.29, 1.82) is 0 Å². The number of thiophene rings is 1. The van der Waals surface area contributed by atoms with Crippen LogP contribution in [-0.4, -0.2) is 20.4 Å². The lowest BCUT2D eigenvalue weighted by molar-refractivity contribution is 0.600. The van der Waals surface area contributed by atoms with E-state index in [0.29, 0.717) is 17.3 Å². The van der Waals surface area contributed by atoms with Crippen molar-refractivity contribution >= 4 is 27.2 Å². The molecule has 2 rings (SSSR count). The summed E-state index contributed by atoms with van der Waals surface area (Å²) >= 11 is 1.42. The Morgan fingerprint density at radius 1 is 1.30 bits per heavy atom. The number of pyridine rings is 1. The molecule has 5 nitrogen and oxygen atoms in total. The average molecular weight is 311 g/mol. The van der Waals surface area contributed by atoms with Crippen LogP contribution >= 0.6 is 11.3 Å². The molecule has 0 spiro atoms. The first-order valence-electron chi connectivity index (χ1n) is 6.11. The normalized spacial score (nSPS) is 11.6. The van der Waals surface area contributed by atoms with Crippen molar-refractivity contribution in [1.82, 2.24) is 10.3 Å². The van der Waals surface area contributed by atoms with Gasteiger partial charge in [-0.2, -0.15) is 0 Å². The lowest BCUT2D eigenvalue weighted by atomic mass is 10.2. The van der Waals surface area contributed by atoms with E-state index in [1.165, 1.54) is 11.3 Å². The smallest absolute Gasteiger partial charge is 0.264 e. The zero-order chi connectivity index (χ0) is 14.8. The first kappa shape index (κ1) is 15.0. The van der Waals surface area contributed by atoms with Crippen LogP contribution in [0, 0.1) is 13.8 Å². The molecule has 108 valence electrons. The number of aryl methyl sites for hydroxylation is 2.